The van der Waals surface area contributed by atoms with Crippen LogP contribution in [0.1, 0.15) is 40.0 Å². The number of thioether (sulfide) groups is 1. The average Bonchev–Trinajstić information content (AvgIpc) is 2.20. The molecular formula is C11H24N2OS. The fourth-order valence-electron chi connectivity index (χ4n) is 1.20. The molecule has 0 aromatic rings. The monoisotopic (exact) mass is 232 g/mol. The molecule has 0 heterocycles. The van der Waals surface area contributed by atoms with Gasteiger partial charge in [-0.1, -0.05) is 13.8 Å². The summed E-state index contributed by atoms with van der Waals surface area (Å²) in [6.07, 6.45) is 2.99. The van der Waals surface area contributed by atoms with Crippen molar-refractivity contribution in [2.45, 2.75) is 52.1 Å². The standard InChI is InChI=1S/C11H24N2OS/c1-4-10(5-2)13-11(14)8-15-7-6-9(3)12/h9-10H,4-8,12H2,1-3H3,(H,13,14). The van der Waals surface area contributed by atoms with Crippen LogP contribution in [-0.4, -0.2) is 29.5 Å². The lowest BCUT2D eigenvalue weighted by atomic mass is 10.2. The molecule has 0 bridgehead atoms. The van der Waals surface area contributed by atoms with E-state index >= 15 is 0 Å². The van der Waals surface area contributed by atoms with Gasteiger partial charge in [0.15, 0.2) is 0 Å². The number of amides is 1. The molecule has 0 aromatic carbocycles. The van der Waals surface area contributed by atoms with E-state index in [4.69, 9.17) is 5.73 Å². The fraction of sp³-hybridized carbons (Fsp3) is 0.909. The van der Waals surface area contributed by atoms with Gasteiger partial charge in [0.1, 0.15) is 0 Å². The summed E-state index contributed by atoms with van der Waals surface area (Å²) in [5.41, 5.74) is 5.62. The molecule has 0 aliphatic rings. The summed E-state index contributed by atoms with van der Waals surface area (Å²) in [6.45, 7) is 6.18. The molecule has 0 spiro atoms. The summed E-state index contributed by atoms with van der Waals surface area (Å²) in [5, 5.41) is 3.01. The molecule has 15 heavy (non-hydrogen) atoms. The molecule has 3 N–H and O–H groups in total. The second kappa shape index (κ2) is 9.04. The number of rotatable bonds is 8. The van der Waals surface area contributed by atoms with Gasteiger partial charge in [-0.25, -0.2) is 0 Å². The minimum absolute atomic E-state index is 0.151. The topological polar surface area (TPSA) is 55.1 Å². The zero-order chi connectivity index (χ0) is 11.7. The van der Waals surface area contributed by atoms with Gasteiger partial charge >= 0.3 is 0 Å². The van der Waals surface area contributed by atoms with Crippen molar-refractivity contribution in [3.8, 4) is 0 Å². The van der Waals surface area contributed by atoms with Crippen LogP contribution in [-0.2, 0) is 4.79 Å². The van der Waals surface area contributed by atoms with Gasteiger partial charge in [-0.15, -0.1) is 0 Å². The lowest BCUT2D eigenvalue weighted by Crippen LogP contribution is -2.35. The van der Waals surface area contributed by atoms with Gasteiger partial charge in [-0.2, -0.15) is 11.8 Å². The largest absolute Gasteiger partial charge is 0.353 e. The quantitative estimate of drug-likeness (QED) is 0.627. The molecule has 0 aliphatic heterocycles. The van der Waals surface area contributed by atoms with E-state index in [1.807, 2.05) is 6.92 Å². The van der Waals surface area contributed by atoms with Crippen LogP contribution in [0, 0.1) is 0 Å². The maximum absolute atomic E-state index is 11.5. The molecule has 4 heteroatoms. The normalized spacial score (nSPS) is 12.9. The summed E-state index contributed by atoms with van der Waals surface area (Å²) in [5.74, 6) is 1.68. The zero-order valence-corrected chi connectivity index (χ0v) is 10.9. The Morgan fingerprint density at radius 1 is 1.40 bits per heavy atom. The Kier molecular flexibility index (Phi) is 8.91. The molecule has 0 fully saturated rings. The molecule has 1 amide bonds. The van der Waals surface area contributed by atoms with E-state index in [9.17, 15) is 4.79 Å². The van der Waals surface area contributed by atoms with Crippen molar-refractivity contribution in [3.63, 3.8) is 0 Å². The third-order valence-electron chi connectivity index (χ3n) is 2.30. The molecule has 1 unspecified atom stereocenters. The summed E-state index contributed by atoms with van der Waals surface area (Å²) < 4.78 is 0. The molecule has 3 nitrogen and oxygen atoms in total. The Labute approximate surface area is 97.6 Å². The Morgan fingerprint density at radius 3 is 2.47 bits per heavy atom. The summed E-state index contributed by atoms with van der Waals surface area (Å²) in [7, 11) is 0. The Hall–Kier alpha value is -0.220. The van der Waals surface area contributed by atoms with E-state index in [0.717, 1.165) is 25.0 Å². The lowest BCUT2D eigenvalue weighted by Gasteiger charge is -2.14. The van der Waals surface area contributed by atoms with Crippen molar-refractivity contribution >= 4 is 17.7 Å². The van der Waals surface area contributed by atoms with Gasteiger partial charge in [0.25, 0.3) is 0 Å². The van der Waals surface area contributed by atoms with Crippen LogP contribution < -0.4 is 11.1 Å². The van der Waals surface area contributed by atoms with E-state index in [1.165, 1.54) is 0 Å². The van der Waals surface area contributed by atoms with Crippen molar-refractivity contribution in [2.75, 3.05) is 11.5 Å². The second-order valence-electron chi connectivity index (χ2n) is 3.90. The number of carbonyl (C=O) groups is 1. The highest BCUT2D eigenvalue weighted by atomic mass is 32.2. The third kappa shape index (κ3) is 8.75. The second-order valence-corrected chi connectivity index (χ2v) is 5.00. The predicted octanol–water partition coefficient (Wildman–Crippen LogP) is 1.76. The molecule has 90 valence electrons. The van der Waals surface area contributed by atoms with E-state index in [2.05, 4.69) is 19.2 Å². The van der Waals surface area contributed by atoms with Gasteiger partial charge in [0.2, 0.25) is 5.91 Å². The van der Waals surface area contributed by atoms with Crippen molar-refractivity contribution in [3.05, 3.63) is 0 Å². The van der Waals surface area contributed by atoms with E-state index in [-0.39, 0.29) is 11.9 Å². The first-order chi connectivity index (χ1) is 7.10. The minimum Gasteiger partial charge on any atom is -0.353 e. The van der Waals surface area contributed by atoms with Crippen molar-refractivity contribution in [1.82, 2.24) is 5.32 Å². The van der Waals surface area contributed by atoms with E-state index < -0.39 is 0 Å². The van der Waals surface area contributed by atoms with E-state index in [1.54, 1.807) is 11.8 Å². The van der Waals surface area contributed by atoms with Gasteiger partial charge in [0, 0.05) is 12.1 Å². The van der Waals surface area contributed by atoms with Gasteiger partial charge < -0.3 is 11.1 Å². The number of carbonyl (C=O) groups excluding carboxylic acids is 1. The van der Waals surface area contributed by atoms with Gasteiger partial charge in [0.05, 0.1) is 5.75 Å². The molecule has 0 aliphatic carbocycles. The van der Waals surface area contributed by atoms with Crippen LogP contribution in [0.3, 0.4) is 0 Å². The lowest BCUT2D eigenvalue weighted by molar-refractivity contribution is -0.119. The number of hydrogen-bond acceptors (Lipinski definition) is 3. The van der Waals surface area contributed by atoms with Gasteiger partial charge in [-0.3, -0.25) is 4.79 Å². The molecule has 0 aromatic heterocycles. The number of nitrogens with one attached hydrogen (secondary N) is 1. The van der Waals surface area contributed by atoms with Gasteiger partial charge in [-0.05, 0) is 31.9 Å². The first kappa shape index (κ1) is 14.8. The number of hydrogen-bond donors (Lipinski definition) is 2. The SMILES string of the molecule is CCC(CC)NC(=O)CSCCC(C)N. The van der Waals surface area contributed by atoms with Crippen LogP contribution in [0.4, 0.5) is 0 Å². The Morgan fingerprint density at radius 2 is 2.00 bits per heavy atom. The van der Waals surface area contributed by atoms with E-state index in [0.29, 0.717) is 11.8 Å². The molecule has 0 saturated carbocycles. The van der Waals surface area contributed by atoms with Crippen molar-refractivity contribution in [1.29, 1.82) is 0 Å². The minimum atomic E-state index is 0.151. The first-order valence-electron chi connectivity index (χ1n) is 5.72. The fourth-order valence-corrected chi connectivity index (χ4v) is 2.15. The summed E-state index contributed by atoms with van der Waals surface area (Å²) >= 11 is 1.66. The predicted molar refractivity (Wildman–Crippen MR) is 68.1 cm³/mol. The van der Waals surface area contributed by atoms with Crippen LogP contribution in [0.15, 0.2) is 0 Å². The Balaban J connectivity index is 3.48. The average molecular weight is 232 g/mol. The molecule has 0 radical (unpaired) electrons. The number of nitrogens with two attached hydrogens (primary N) is 1. The molecule has 1 atom stereocenters. The smallest absolute Gasteiger partial charge is 0.230 e. The summed E-state index contributed by atoms with van der Waals surface area (Å²) in [6, 6.07) is 0.575. The first-order valence-corrected chi connectivity index (χ1v) is 6.88. The molecular weight excluding hydrogens is 208 g/mol. The van der Waals surface area contributed by atoms with Crippen LogP contribution in [0.25, 0.3) is 0 Å². The van der Waals surface area contributed by atoms with Crippen LogP contribution >= 0.6 is 11.8 Å². The highest BCUT2D eigenvalue weighted by molar-refractivity contribution is 7.99. The van der Waals surface area contributed by atoms with Crippen LogP contribution in [0.5, 0.6) is 0 Å². The van der Waals surface area contributed by atoms with Crippen molar-refractivity contribution in [2.24, 2.45) is 5.73 Å². The maximum atomic E-state index is 11.5. The molecule has 0 rings (SSSR count). The zero-order valence-electron chi connectivity index (χ0n) is 10.1. The van der Waals surface area contributed by atoms with Crippen LogP contribution in [0.2, 0.25) is 0 Å². The highest BCUT2D eigenvalue weighted by Crippen LogP contribution is 2.04. The highest BCUT2D eigenvalue weighted by Gasteiger charge is 2.07. The maximum Gasteiger partial charge on any atom is 0.230 e. The summed E-state index contributed by atoms with van der Waals surface area (Å²) in [4.78, 5) is 11.5. The third-order valence-corrected chi connectivity index (χ3v) is 3.29. The Bertz CT molecular complexity index is 170. The van der Waals surface area contributed by atoms with Crippen molar-refractivity contribution < 1.29 is 4.79 Å². The molecule has 0 saturated heterocycles.